The predicted molar refractivity (Wildman–Crippen MR) is 68.4 cm³/mol. The van der Waals surface area contributed by atoms with E-state index in [-0.39, 0.29) is 0 Å². The second-order valence-corrected chi connectivity index (χ2v) is 3.98. The number of hydrogen-bond donors (Lipinski definition) is 1. The maximum absolute atomic E-state index is 4.03. The van der Waals surface area contributed by atoms with E-state index in [1.807, 2.05) is 12.4 Å². The third-order valence-corrected chi connectivity index (χ3v) is 2.98. The molecule has 0 aliphatic carbocycles. The van der Waals surface area contributed by atoms with E-state index in [2.05, 4.69) is 48.1 Å². The van der Waals surface area contributed by atoms with Crippen LogP contribution in [0.2, 0.25) is 0 Å². The zero-order valence-corrected chi connectivity index (χ0v) is 10.6. The molecule has 0 spiro atoms. The van der Waals surface area contributed by atoms with E-state index in [1.165, 1.54) is 5.56 Å². The zero-order valence-electron chi connectivity index (χ0n) is 10.6. The monoisotopic (exact) mass is 221 g/mol. The van der Waals surface area contributed by atoms with E-state index < -0.39 is 0 Å². The zero-order chi connectivity index (χ0) is 11.8. The summed E-state index contributed by atoms with van der Waals surface area (Å²) in [4.78, 5) is 6.45. The Morgan fingerprint density at radius 3 is 2.44 bits per heavy atom. The predicted octanol–water partition coefficient (Wildman–Crippen LogP) is 2.07. The lowest BCUT2D eigenvalue weighted by atomic mass is 10.1. The van der Waals surface area contributed by atoms with Crippen LogP contribution >= 0.6 is 0 Å². The van der Waals surface area contributed by atoms with Crippen LogP contribution in [0.25, 0.3) is 0 Å². The molecule has 0 saturated heterocycles. The smallest absolute Gasteiger partial charge is 0.0293 e. The quantitative estimate of drug-likeness (QED) is 0.764. The summed E-state index contributed by atoms with van der Waals surface area (Å²) >= 11 is 0. The van der Waals surface area contributed by atoms with Crippen LogP contribution in [0.3, 0.4) is 0 Å². The number of nitrogens with one attached hydrogen (secondary N) is 1. The van der Waals surface area contributed by atoms with Crippen LogP contribution in [-0.2, 0) is 0 Å². The molecule has 1 aromatic rings. The average molecular weight is 221 g/mol. The second-order valence-electron chi connectivity index (χ2n) is 3.98. The van der Waals surface area contributed by atoms with Gasteiger partial charge < -0.3 is 10.2 Å². The molecule has 0 aliphatic rings. The Balaban J connectivity index is 2.28. The molecule has 0 fully saturated rings. The highest BCUT2D eigenvalue weighted by atomic mass is 15.1. The number of pyridine rings is 1. The summed E-state index contributed by atoms with van der Waals surface area (Å²) < 4.78 is 0. The lowest BCUT2D eigenvalue weighted by Gasteiger charge is -2.20. The van der Waals surface area contributed by atoms with Crippen molar-refractivity contribution < 1.29 is 0 Å². The van der Waals surface area contributed by atoms with Gasteiger partial charge in [0.05, 0.1) is 0 Å². The highest BCUT2D eigenvalue weighted by molar-refractivity contribution is 5.13. The van der Waals surface area contributed by atoms with Crippen LogP contribution in [0, 0.1) is 0 Å². The molecule has 3 heteroatoms. The molecule has 0 radical (unpaired) electrons. The fourth-order valence-corrected chi connectivity index (χ4v) is 1.75. The van der Waals surface area contributed by atoms with Crippen molar-refractivity contribution in [1.29, 1.82) is 0 Å². The molecule has 90 valence electrons. The van der Waals surface area contributed by atoms with Crippen molar-refractivity contribution in [1.82, 2.24) is 15.2 Å². The first-order valence-electron chi connectivity index (χ1n) is 6.13. The number of rotatable bonds is 7. The maximum Gasteiger partial charge on any atom is 0.0293 e. The average Bonchev–Trinajstić information content (AvgIpc) is 2.35. The first-order valence-corrected chi connectivity index (χ1v) is 6.13. The number of aromatic nitrogens is 1. The van der Waals surface area contributed by atoms with E-state index in [1.54, 1.807) is 0 Å². The van der Waals surface area contributed by atoms with Crippen molar-refractivity contribution in [3.05, 3.63) is 30.1 Å². The van der Waals surface area contributed by atoms with E-state index in [0.29, 0.717) is 6.04 Å². The van der Waals surface area contributed by atoms with Gasteiger partial charge in [-0.15, -0.1) is 0 Å². The normalized spacial score (nSPS) is 13.0. The maximum atomic E-state index is 4.03. The summed E-state index contributed by atoms with van der Waals surface area (Å²) in [5, 5.41) is 3.53. The summed E-state index contributed by atoms with van der Waals surface area (Å²) in [7, 11) is 0. The molecular weight excluding hydrogens is 198 g/mol. The standard InChI is InChI=1S/C13H23N3/c1-4-16(5-2)11-10-15-12(3)13-6-8-14-9-7-13/h6-9,12,15H,4-5,10-11H2,1-3H3/t12-/m1/s1. The van der Waals surface area contributed by atoms with Gasteiger partial charge in [0.25, 0.3) is 0 Å². The van der Waals surface area contributed by atoms with Gasteiger partial charge in [-0.2, -0.15) is 0 Å². The minimum atomic E-state index is 0.401. The summed E-state index contributed by atoms with van der Waals surface area (Å²) in [6.07, 6.45) is 3.69. The van der Waals surface area contributed by atoms with Crippen molar-refractivity contribution in [3.8, 4) is 0 Å². The van der Waals surface area contributed by atoms with Gasteiger partial charge in [-0.3, -0.25) is 4.98 Å². The Kier molecular flexibility index (Phi) is 6.04. The minimum Gasteiger partial charge on any atom is -0.309 e. The van der Waals surface area contributed by atoms with Gasteiger partial charge in [-0.05, 0) is 37.7 Å². The molecule has 0 unspecified atom stereocenters. The fraction of sp³-hybridized carbons (Fsp3) is 0.615. The van der Waals surface area contributed by atoms with Gasteiger partial charge in [-0.25, -0.2) is 0 Å². The molecule has 1 rings (SSSR count). The van der Waals surface area contributed by atoms with Crippen molar-refractivity contribution in [2.75, 3.05) is 26.2 Å². The molecule has 0 aliphatic heterocycles. The highest BCUT2D eigenvalue weighted by Gasteiger charge is 2.04. The first kappa shape index (κ1) is 13.1. The molecule has 3 nitrogen and oxygen atoms in total. The number of nitrogens with zero attached hydrogens (tertiary/aromatic N) is 2. The first-order chi connectivity index (χ1) is 7.77. The van der Waals surface area contributed by atoms with Crippen LogP contribution in [0.1, 0.15) is 32.4 Å². The van der Waals surface area contributed by atoms with Crippen molar-refractivity contribution >= 4 is 0 Å². The second kappa shape index (κ2) is 7.36. The highest BCUT2D eigenvalue weighted by Crippen LogP contribution is 2.09. The Hall–Kier alpha value is -0.930. The summed E-state index contributed by atoms with van der Waals surface area (Å²) in [6, 6.07) is 4.53. The van der Waals surface area contributed by atoms with Crippen molar-refractivity contribution in [2.45, 2.75) is 26.8 Å². The SMILES string of the molecule is CCN(CC)CCN[C@H](C)c1ccncc1. The van der Waals surface area contributed by atoms with Crippen LogP contribution in [0.5, 0.6) is 0 Å². The number of hydrogen-bond acceptors (Lipinski definition) is 3. The van der Waals surface area contributed by atoms with Crippen molar-refractivity contribution in [3.63, 3.8) is 0 Å². The molecule has 1 aromatic heterocycles. The molecule has 0 saturated carbocycles. The Bertz CT molecular complexity index is 270. The summed E-state index contributed by atoms with van der Waals surface area (Å²) in [5.74, 6) is 0. The van der Waals surface area contributed by atoms with E-state index in [9.17, 15) is 0 Å². The van der Waals surface area contributed by atoms with Crippen LogP contribution in [0.15, 0.2) is 24.5 Å². The lowest BCUT2D eigenvalue weighted by Crippen LogP contribution is -2.33. The lowest BCUT2D eigenvalue weighted by molar-refractivity contribution is 0.298. The fourth-order valence-electron chi connectivity index (χ4n) is 1.75. The molecule has 16 heavy (non-hydrogen) atoms. The van der Waals surface area contributed by atoms with Crippen LogP contribution in [-0.4, -0.2) is 36.1 Å². The molecular formula is C13H23N3. The van der Waals surface area contributed by atoms with Crippen LogP contribution < -0.4 is 5.32 Å². The van der Waals surface area contributed by atoms with Crippen molar-refractivity contribution in [2.24, 2.45) is 0 Å². The van der Waals surface area contributed by atoms with Crippen LogP contribution in [0.4, 0.5) is 0 Å². The molecule has 1 N–H and O–H groups in total. The van der Waals surface area contributed by atoms with Gasteiger partial charge in [0.2, 0.25) is 0 Å². The Labute approximate surface area is 98.9 Å². The van der Waals surface area contributed by atoms with Gasteiger partial charge in [-0.1, -0.05) is 13.8 Å². The molecule has 0 aromatic carbocycles. The van der Waals surface area contributed by atoms with Gasteiger partial charge in [0.1, 0.15) is 0 Å². The van der Waals surface area contributed by atoms with Gasteiger partial charge in [0, 0.05) is 31.5 Å². The van der Waals surface area contributed by atoms with Gasteiger partial charge in [0.15, 0.2) is 0 Å². The molecule has 0 amide bonds. The molecule has 0 bridgehead atoms. The molecule has 1 heterocycles. The van der Waals surface area contributed by atoms with E-state index in [0.717, 1.165) is 26.2 Å². The molecule has 1 atom stereocenters. The third-order valence-electron chi connectivity index (χ3n) is 2.98. The van der Waals surface area contributed by atoms with E-state index in [4.69, 9.17) is 0 Å². The number of likely N-dealkylation sites (N-methyl/N-ethyl adjacent to an activating group) is 1. The largest absolute Gasteiger partial charge is 0.309 e. The summed E-state index contributed by atoms with van der Waals surface area (Å²) in [5.41, 5.74) is 1.30. The Morgan fingerprint density at radius 1 is 1.25 bits per heavy atom. The topological polar surface area (TPSA) is 28.2 Å². The third kappa shape index (κ3) is 4.29. The summed E-state index contributed by atoms with van der Waals surface area (Å²) in [6.45, 7) is 11.0. The van der Waals surface area contributed by atoms with Gasteiger partial charge >= 0.3 is 0 Å². The van der Waals surface area contributed by atoms with E-state index >= 15 is 0 Å². The minimum absolute atomic E-state index is 0.401. The Morgan fingerprint density at radius 2 is 1.88 bits per heavy atom.